The first kappa shape index (κ1) is 29.9. The molecule has 0 spiro atoms. The molecule has 0 radical (unpaired) electrons. The first-order valence-electron chi connectivity index (χ1n) is 12.7. The lowest BCUT2D eigenvalue weighted by atomic mass is 9.83. The summed E-state index contributed by atoms with van der Waals surface area (Å²) in [5.41, 5.74) is 8.81. The van der Waals surface area contributed by atoms with E-state index >= 15 is 0 Å². The smallest absolute Gasteiger partial charge is 0.343 e. The molecule has 0 saturated heterocycles. The van der Waals surface area contributed by atoms with Crippen molar-refractivity contribution in [1.29, 1.82) is 5.26 Å². The van der Waals surface area contributed by atoms with Crippen molar-refractivity contribution in [3.63, 3.8) is 0 Å². The second-order valence-corrected chi connectivity index (χ2v) is 10.6. The first-order chi connectivity index (χ1) is 20.7. The molecule has 1 unspecified atom stereocenters. The zero-order valence-corrected chi connectivity index (χ0v) is 25.1. The third-order valence-corrected chi connectivity index (χ3v) is 7.48. The van der Waals surface area contributed by atoms with E-state index in [1.54, 1.807) is 36.4 Å². The molecule has 0 aromatic heterocycles. The highest BCUT2D eigenvalue weighted by atomic mass is 35.5. The zero-order valence-electron chi connectivity index (χ0n) is 22.8. The Morgan fingerprint density at radius 2 is 1.65 bits per heavy atom. The Labute approximate surface area is 262 Å². The quantitative estimate of drug-likeness (QED) is 0.155. The van der Waals surface area contributed by atoms with E-state index in [1.807, 2.05) is 18.2 Å². The molecule has 8 nitrogen and oxygen atoms in total. The first-order valence-corrected chi connectivity index (χ1v) is 13.9. The van der Waals surface area contributed by atoms with Gasteiger partial charge in [-0.25, -0.2) is 4.79 Å². The van der Waals surface area contributed by atoms with Crippen molar-refractivity contribution in [2.45, 2.75) is 12.5 Å². The van der Waals surface area contributed by atoms with Crippen LogP contribution in [-0.4, -0.2) is 20.2 Å². The number of rotatable bonds is 8. The fraction of sp³-hybridized carbons (Fsp3) is 0.125. The monoisotopic (exact) mass is 636 g/mol. The van der Waals surface area contributed by atoms with Gasteiger partial charge in [0.25, 0.3) is 0 Å². The van der Waals surface area contributed by atoms with E-state index in [0.29, 0.717) is 40.0 Å². The van der Waals surface area contributed by atoms with E-state index in [0.717, 1.165) is 5.56 Å². The summed E-state index contributed by atoms with van der Waals surface area (Å²) in [6, 6.07) is 22.5. The van der Waals surface area contributed by atoms with Gasteiger partial charge in [0.1, 0.15) is 29.7 Å². The standard InChI is InChI=1S/C32H23Cl3N2O6/c1-39-28-13-18(5-10-26(28)41-16-17-3-6-20(33)7-4-17)29-22-9-8-21(14-27(22)43-31(37)23(29)15-36)42-32(38)19-11-24(34)30(40-2)25(35)12-19/h3-14,29H,16,37H2,1-2H3. The highest BCUT2D eigenvalue weighted by Crippen LogP contribution is 2.45. The van der Waals surface area contributed by atoms with Crippen molar-refractivity contribution in [3.05, 3.63) is 122 Å². The summed E-state index contributed by atoms with van der Waals surface area (Å²) >= 11 is 18.3. The van der Waals surface area contributed by atoms with Gasteiger partial charge in [0, 0.05) is 16.7 Å². The number of nitrogens with two attached hydrogens (primary N) is 1. The normalized spacial score (nSPS) is 13.8. The number of benzene rings is 4. The van der Waals surface area contributed by atoms with Crippen LogP contribution in [0.1, 0.15) is 33.0 Å². The van der Waals surface area contributed by atoms with Crippen molar-refractivity contribution >= 4 is 40.8 Å². The largest absolute Gasteiger partial charge is 0.494 e. The van der Waals surface area contributed by atoms with E-state index in [1.165, 1.54) is 32.4 Å². The Kier molecular flexibility index (Phi) is 8.88. The number of carbonyl (C=O) groups excluding carboxylic acids is 1. The summed E-state index contributed by atoms with van der Waals surface area (Å²) in [7, 11) is 2.95. The summed E-state index contributed by atoms with van der Waals surface area (Å²) in [5.74, 6) is 0.390. The number of carbonyl (C=O) groups is 1. The number of halogens is 3. The number of nitrogens with zero attached hydrogens (tertiary/aromatic N) is 1. The maximum absolute atomic E-state index is 12.9. The van der Waals surface area contributed by atoms with Gasteiger partial charge in [0.2, 0.25) is 5.88 Å². The third-order valence-electron chi connectivity index (χ3n) is 6.67. The number of ether oxygens (including phenoxy) is 5. The molecule has 1 aliphatic rings. The maximum atomic E-state index is 12.9. The fourth-order valence-corrected chi connectivity index (χ4v) is 5.37. The van der Waals surface area contributed by atoms with Crippen molar-refractivity contribution in [3.8, 4) is 34.8 Å². The van der Waals surface area contributed by atoms with Crippen LogP contribution in [0, 0.1) is 11.3 Å². The van der Waals surface area contributed by atoms with Gasteiger partial charge in [-0.15, -0.1) is 0 Å². The molecule has 1 atom stereocenters. The van der Waals surface area contributed by atoms with Crippen LogP contribution in [-0.2, 0) is 6.61 Å². The van der Waals surface area contributed by atoms with Crippen molar-refractivity contribution in [2.75, 3.05) is 14.2 Å². The van der Waals surface area contributed by atoms with E-state index < -0.39 is 11.9 Å². The molecule has 4 aromatic rings. The van der Waals surface area contributed by atoms with Crippen LogP contribution in [0.25, 0.3) is 0 Å². The number of nitriles is 1. The van der Waals surface area contributed by atoms with Gasteiger partial charge in [-0.2, -0.15) is 5.26 Å². The van der Waals surface area contributed by atoms with Gasteiger partial charge in [-0.1, -0.05) is 59.1 Å². The Morgan fingerprint density at radius 3 is 2.30 bits per heavy atom. The molecule has 218 valence electrons. The van der Waals surface area contributed by atoms with E-state index in [2.05, 4.69) is 6.07 Å². The highest BCUT2D eigenvalue weighted by molar-refractivity contribution is 6.37. The predicted molar refractivity (Wildman–Crippen MR) is 162 cm³/mol. The Bertz CT molecular complexity index is 1760. The summed E-state index contributed by atoms with van der Waals surface area (Å²) < 4.78 is 28.1. The van der Waals surface area contributed by atoms with Crippen LogP contribution in [0.2, 0.25) is 15.1 Å². The molecule has 0 amide bonds. The minimum atomic E-state index is -0.695. The van der Waals surface area contributed by atoms with Gasteiger partial charge in [0.15, 0.2) is 17.2 Å². The molecule has 11 heteroatoms. The Hall–Kier alpha value is -4.55. The summed E-state index contributed by atoms with van der Waals surface area (Å²) in [4.78, 5) is 12.9. The maximum Gasteiger partial charge on any atom is 0.343 e. The second kappa shape index (κ2) is 12.8. The van der Waals surface area contributed by atoms with Crippen LogP contribution in [0.4, 0.5) is 0 Å². The Balaban J connectivity index is 1.42. The highest BCUT2D eigenvalue weighted by Gasteiger charge is 2.32. The molecule has 4 aromatic carbocycles. The van der Waals surface area contributed by atoms with Crippen LogP contribution >= 0.6 is 34.8 Å². The minimum absolute atomic E-state index is 0.0702. The molecule has 43 heavy (non-hydrogen) atoms. The SMILES string of the molecule is COc1cc(C2C(C#N)=C(N)Oc3cc(OC(=O)c4cc(Cl)c(OC)c(Cl)c4)ccc32)ccc1OCc1ccc(Cl)cc1. The topological polar surface area (TPSA) is 113 Å². The molecular weight excluding hydrogens is 615 g/mol. The number of hydrogen-bond acceptors (Lipinski definition) is 8. The Morgan fingerprint density at radius 1 is 0.930 bits per heavy atom. The molecule has 1 aliphatic heterocycles. The summed E-state index contributed by atoms with van der Waals surface area (Å²) in [6.45, 7) is 0.305. The minimum Gasteiger partial charge on any atom is -0.494 e. The molecular formula is C32H23Cl3N2O6. The van der Waals surface area contributed by atoms with Crippen LogP contribution in [0.3, 0.4) is 0 Å². The molecule has 0 fully saturated rings. The average molecular weight is 638 g/mol. The van der Waals surface area contributed by atoms with Crippen LogP contribution < -0.4 is 29.4 Å². The number of fused-ring (bicyclic) bond motifs is 1. The van der Waals surface area contributed by atoms with E-state index in [-0.39, 0.29) is 38.6 Å². The number of allylic oxidation sites excluding steroid dienone is 1. The average Bonchev–Trinajstić information content (AvgIpc) is 2.99. The van der Waals surface area contributed by atoms with Gasteiger partial charge in [-0.05, 0) is 53.6 Å². The van der Waals surface area contributed by atoms with Gasteiger partial charge in [0.05, 0.1) is 35.7 Å². The molecule has 0 aliphatic carbocycles. The van der Waals surface area contributed by atoms with E-state index in [4.69, 9.17) is 64.2 Å². The lowest BCUT2D eigenvalue weighted by molar-refractivity contribution is 0.0734. The number of hydrogen-bond donors (Lipinski definition) is 1. The van der Waals surface area contributed by atoms with Crippen LogP contribution in [0.15, 0.2) is 84.3 Å². The fourth-order valence-electron chi connectivity index (χ4n) is 4.61. The lowest BCUT2D eigenvalue weighted by Gasteiger charge is -2.27. The van der Waals surface area contributed by atoms with Crippen molar-refractivity contribution in [2.24, 2.45) is 5.73 Å². The molecule has 2 N–H and O–H groups in total. The molecule has 0 saturated carbocycles. The van der Waals surface area contributed by atoms with Crippen LogP contribution in [0.5, 0.6) is 28.7 Å². The summed E-state index contributed by atoms with van der Waals surface area (Å²) in [5, 5.41) is 10.9. The van der Waals surface area contributed by atoms with Crippen molar-refractivity contribution < 1.29 is 28.5 Å². The third kappa shape index (κ3) is 6.30. The zero-order chi connectivity index (χ0) is 30.7. The molecule has 0 bridgehead atoms. The molecule has 1 heterocycles. The lowest BCUT2D eigenvalue weighted by Crippen LogP contribution is -2.21. The van der Waals surface area contributed by atoms with Crippen molar-refractivity contribution in [1.82, 2.24) is 0 Å². The van der Waals surface area contributed by atoms with Gasteiger partial charge < -0.3 is 29.4 Å². The number of methoxy groups -OCH3 is 2. The van der Waals surface area contributed by atoms with Gasteiger partial charge in [-0.3, -0.25) is 0 Å². The van der Waals surface area contributed by atoms with Gasteiger partial charge >= 0.3 is 5.97 Å². The summed E-state index contributed by atoms with van der Waals surface area (Å²) in [6.07, 6.45) is 0. The molecule has 5 rings (SSSR count). The predicted octanol–water partition coefficient (Wildman–Crippen LogP) is 7.68. The van der Waals surface area contributed by atoms with E-state index in [9.17, 15) is 10.1 Å². The second-order valence-electron chi connectivity index (χ2n) is 9.31. The number of esters is 1.